The summed E-state index contributed by atoms with van der Waals surface area (Å²) >= 11 is 1.82. The van der Waals surface area contributed by atoms with Crippen molar-refractivity contribution in [1.82, 2.24) is 39.1 Å². The van der Waals surface area contributed by atoms with Gasteiger partial charge in [-0.15, -0.1) is 16.4 Å². The molecule has 1 atom stereocenters. The summed E-state index contributed by atoms with van der Waals surface area (Å²) in [6.45, 7) is 7.60. The van der Waals surface area contributed by atoms with Crippen LogP contribution in [0, 0.1) is 11.3 Å². The van der Waals surface area contributed by atoms with Crippen molar-refractivity contribution < 1.29 is 0 Å². The summed E-state index contributed by atoms with van der Waals surface area (Å²) in [4.78, 5) is 12.1. The van der Waals surface area contributed by atoms with E-state index in [9.17, 15) is 0 Å². The molecule has 1 unspecified atom stereocenters. The fourth-order valence-electron chi connectivity index (χ4n) is 4.51. The second-order valence-corrected chi connectivity index (χ2v) is 10.4. The number of fused-ring (bicyclic) bond motifs is 5. The van der Waals surface area contributed by atoms with E-state index >= 15 is 0 Å². The van der Waals surface area contributed by atoms with Crippen LogP contribution >= 0.6 is 11.3 Å². The molecule has 31 heavy (non-hydrogen) atoms. The minimum atomic E-state index is 0.327. The van der Waals surface area contributed by atoms with E-state index in [0.29, 0.717) is 23.8 Å². The summed E-state index contributed by atoms with van der Waals surface area (Å²) in [5.41, 5.74) is 3.38. The maximum atomic E-state index is 4.89. The number of hydrogen-bond donors (Lipinski definition) is 0. The van der Waals surface area contributed by atoms with Gasteiger partial charge in [-0.3, -0.25) is 9.36 Å². The summed E-state index contributed by atoms with van der Waals surface area (Å²) in [5, 5.41) is 14.7. The highest BCUT2D eigenvalue weighted by atomic mass is 32.1. The molecule has 0 saturated heterocycles. The highest BCUT2D eigenvalue weighted by Gasteiger charge is 2.31. The summed E-state index contributed by atoms with van der Waals surface area (Å²) in [6.07, 6.45) is 10.8. The lowest BCUT2D eigenvalue weighted by atomic mass is 9.72. The van der Waals surface area contributed by atoms with Crippen molar-refractivity contribution in [3.05, 3.63) is 47.5 Å². The zero-order chi connectivity index (χ0) is 21.2. The molecule has 9 heteroatoms. The van der Waals surface area contributed by atoms with E-state index in [2.05, 4.69) is 36.1 Å². The van der Waals surface area contributed by atoms with E-state index in [1.165, 1.54) is 22.2 Å². The first-order chi connectivity index (χ1) is 15.0. The van der Waals surface area contributed by atoms with E-state index in [4.69, 9.17) is 9.97 Å². The minimum Gasteiger partial charge on any atom is -0.251 e. The van der Waals surface area contributed by atoms with Crippen LogP contribution in [0.1, 0.15) is 37.6 Å². The number of aryl methyl sites for hydroxylation is 1. The van der Waals surface area contributed by atoms with Crippen LogP contribution in [0.25, 0.3) is 27.4 Å². The maximum Gasteiger partial charge on any atom is 0.202 e. The van der Waals surface area contributed by atoms with Crippen molar-refractivity contribution in [2.45, 2.75) is 46.7 Å². The van der Waals surface area contributed by atoms with E-state index in [1.54, 1.807) is 17.0 Å². The predicted molar refractivity (Wildman–Crippen MR) is 120 cm³/mol. The van der Waals surface area contributed by atoms with Crippen LogP contribution in [0.15, 0.2) is 37.1 Å². The molecule has 158 valence electrons. The average molecular weight is 433 g/mol. The third-order valence-corrected chi connectivity index (χ3v) is 7.49. The molecule has 1 aliphatic rings. The van der Waals surface area contributed by atoms with Gasteiger partial charge in [0.05, 0.1) is 5.39 Å². The van der Waals surface area contributed by atoms with Crippen molar-refractivity contribution in [3.63, 3.8) is 0 Å². The molecule has 0 fully saturated rings. The van der Waals surface area contributed by atoms with Gasteiger partial charge in [0.25, 0.3) is 0 Å². The molecule has 0 spiro atoms. The van der Waals surface area contributed by atoms with Crippen LogP contribution in [0.2, 0.25) is 0 Å². The van der Waals surface area contributed by atoms with Crippen LogP contribution in [0.4, 0.5) is 0 Å². The number of rotatable bonds is 3. The normalized spacial score (nSPS) is 16.9. The molecule has 1 aliphatic carbocycles. The molecule has 5 aromatic heterocycles. The Morgan fingerprint density at radius 3 is 2.87 bits per heavy atom. The van der Waals surface area contributed by atoms with Crippen molar-refractivity contribution in [3.8, 4) is 11.5 Å². The Kier molecular flexibility index (Phi) is 4.05. The number of hydrogen-bond acceptors (Lipinski definition) is 6. The summed E-state index contributed by atoms with van der Waals surface area (Å²) in [5.74, 6) is 1.33. The SMILES string of the molecule is CC(C)(C)C1CCc2c(sc3ncn4nc(-c5ccn(Cn6cccn6)n5)nc4c23)C1. The number of nitrogens with zero attached hydrogens (tertiary/aromatic N) is 8. The molecule has 0 bridgehead atoms. The summed E-state index contributed by atoms with van der Waals surface area (Å²) < 4.78 is 5.46. The first kappa shape index (κ1) is 18.7. The molecule has 0 saturated carbocycles. The molecule has 6 rings (SSSR count). The smallest absolute Gasteiger partial charge is 0.202 e. The maximum absolute atomic E-state index is 4.89. The first-order valence-electron chi connectivity index (χ1n) is 10.6. The lowest BCUT2D eigenvalue weighted by Gasteiger charge is -2.33. The van der Waals surface area contributed by atoms with Crippen LogP contribution < -0.4 is 0 Å². The third kappa shape index (κ3) is 3.15. The molecule has 0 aliphatic heterocycles. The molecular formula is C22H24N8S. The Morgan fingerprint density at radius 2 is 2.06 bits per heavy atom. The summed E-state index contributed by atoms with van der Waals surface area (Å²) in [7, 11) is 0. The quantitative estimate of drug-likeness (QED) is 0.430. The second kappa shape index (κ2) is 6.71. The van der Waals surface area contributed by atoms with Crippen LogP contribution in [-0.4, -0.2) is 39.1 Å². The molecule has 0 aromatic carbocycles. The van der Waals surface area contributed by atoms with Gasteiger partial charge in [-0.2, -0.15) is 10.2 Å². The Bertz CT molecular complexity index is 1380. The Morgan fingerprint density at radius 1 is 1.16 bits per heavy atom. The molecule has 0 amide bonds. The van der Waals surface area contributed by atoms with Gasteiger partial charge < -0.3 is 0 Å². The first-order valence-corrected chi connectivity index (χ1v) is 11.4. The zero-order valence-electron chi connectivity index (χ0n) is 17.9. The second-order valence-electron chi connectivity index (χ2n) is 9.37. The Hall–Kier alpha value is -3.07. The van der Waals surface area contributed by atoms with Gasteiger partial charge in [0.2, 0.25) is 5.82 Å². The van der Waals surface area contributed by atoms with Crippen molar-refractivity contribution in [2.24, 2.45) is 11.3 Å². The number of thiophene rings is 1. The lowest BCUT2D eigenvalue weighted by molar-refractivity contribution is 0.218. The molecule has 0 N–H and O–H groups in total. The molecule has 8 nitrogen and oxygen atoms in total. The fourth-order valence-corrected chi connectivity index (χ4v) is 5.78. The van der Waals surface area contributed by atoms with Crippen molar-refractivity contribution >= 4 is 27.2 Å². The molecular weight excluding hydrogens is 408 g/mol. The molecule has 5 heterocycles. The van der Waals surface area contributed by atoms with Gasteiger partial charge >= 0.3 is 0 Å². The fraction of sp³-hybridized carbons (Fsp3) is 0.409. The Balaban J connectivity index is 1.39. The summed E-state index contributed by atoms with van der Waals surface area (Å²) in [6, 6.07) is 3.84. The third-order valence-electron chi connectivity index (χ3n) is 6.33. The van der Waals surface area contributed by atoms with Gasteiger partial charge in [-0.25, -0.2) is 14.5 Å². The van der Waals surface area contributed by atoms with E-state index in [1.807, 2.05) is 45.2 Å². The van der Waals surface area contributed by atoms with Gasteiger partial charge in [-0.1, -0.05) is 20.8 Å². The minimum absolute atomic E-state index is 0.327. The topological polar surface area (TPSA) is 78.7 Å². The molecule has 5 aromatic rings. The van der Waals surface area contributed by atoms with Gasteiger partial charge in [-0.05, 0) is 48.3 Å². The van der Waals surface area contributed by atoms with Gasteiger partial charge in [0, 0.05) is 23.5 Å². The molecule has 0 radical (unpaired) electrons. The van der Waals surface area contributed by atoms with E-state index < -0.39 is 0 Å². The van der Waals surface area contributed by atoms with E-state index in [-0.39, 0.29) is 0 Å². The van der Waals surface area contributed by atoms with Gasteiger partial charge in [0.1, 0.15) is 23.5 Å². The van der Waals surface area contributed by atoms with Gasteiger partial charge in [0.15, 0.2) is 5.65 Å². The predicted octanol–water partition coefficient (Wildman–Crippen LogP) is 4.06. The van der Waals surface area contributed by atoms with E-state index in [0.717, 1.165) is 29.0 Å². The van der Waals surface area contributed by atoms with Crippen LogP contribution in [0.5, 0.6) is 0 Å². The van der Waals surface area contributed by atoms with Crippen LogP contribution in [-0.2, 0) is 19.5 Å². The largest absolute Gasteiger partial charge is 0.251 e. The highest BCUT2D eigenvalue weighted by Crippen LogP contribution is 2.43. The number of aromatic nitrogens is 8. The Labute approximate surface area is 183 Å². The average Bonchev–Trinajstić information content (AvgIpc) is 3.51. The van der Waals surface area contributed by atoms with Crippen molar-refractivity contribution in [1.29, 1.82) is 0 Å². The standard InChI is InChI=1S/C22H24N8S/c1-22(2,3)14-5-6-15-17(11-14)31-21-18(15)20-25-19(27-30(20)12-23-21)16-7-10-29(26-16)13-28-9-4-8-24-28/h4,7-10,12,14H,5-6,11,13H2,1-3H3. The monoisotopic (exact) mass is 432 g/mol. The highest BCUT2D eigenvalue weighted by molar-refractivity contribution is 7.19. The zero-order valence-corrected chi connectivity index (χ0v) is 18.7. The van der Waals surface area contributed by atoms with Crippen molar-refractivity contribution in [2.75, 3.05) is 0 Å². The lowest BCUT2D eigenvalue weighted by Crippen LogP contribution is -2.26. The van der Waals surface area contributed by atoms with Crippen LogP contribution in [0.3, 0.4) is 0 Å².